The van der Waals surface area contributed by atoms with Crippen molar-refractivity contribution in [2.24, 2.45) is 0 Å². The summed E-state index contributed by atoms with van der Waals surface area (Å²) in [4.78, 5) is 14.5. The third kappa shape index (κ3) is 4.07. The van der Waals surface area contributed by atoms with E-state index in [1.54, 1.807) is 0 Å². The van der Waals surface area contributed by atoms with Crippen LogP contribution in [0, 0.1) is 0 Å². The Kier molecular flexibility index (Phi) is 4.95. The number of rotatable bonds is 5. The van der Waals surface area contributed by atoms with Crippen LogP contribution in [0.3, 0.4) is 0 Å². The molecule has 0 unspecified atom stereocenters. The Labute approximate surface area is 125 Å². The van der Waals surface area contributed by atoms with Crippen molar-refractivity contribution in [1.82, 2.24) is 4.90 Å². The molecule has 4 nitrogen and oxygen atoms in total. The summed E-state index contributed by atoms with van der Waals surface area (Å²) in [5.41, 5.74) is 3.43. The molecule has 0 radical (unpaired) electrons. The molecular formula is C17H21N3O. The lowest BCUT2D eigenvalue weighted by Gasteiger charge is -2.12. The van der Waals surface area contributed by atoms with Crippen LogP contribution in [-0.4, -0.2) is 32.0 Å². The minimum absolute atomic E-state index is 0.109. The first-order valence-electron chi connectivity index (χ1n) is 6.92. The van der Waals surface area contributed by atoms with Crippen molar-refractivity contribution in [2.45, 2.75) is 6.54 Å². The second-order valence-corrected chi connectivity index (χ2v) is 5.19. The molecule has 0 aliphatic heterocycles. The van der Waals surface area contributed by atoms with Crippen LogP contribution >= 0.6 is 0 Å². The third-order valence-corrected chi connectivity index (χ3v) is 3.12. The molecule has 2 aromatic rings. The van der Waals surface area contributed by atoms with Crippen molar-refractivity contribution >= 4 is 17.3 Å². The molecule has 0 saturated carbocycles. The molecule has 0 bridgehead atoms. The van der Waals surface area contributed by atoms with Gasteiger partial charge in [0.25, 0.3) is 5.91 Å². The quantitative estimate of drug-likeness (QED) is 0.886. The number of carbonyl (C=O) groups is 1. The van der Waals surface area contributed by atoms with E-state index in [-0.39, 0.29) is 5.91 Å². The van der Waals surface area contributed by atoms with Gasteiger partial charge in [-0.3, -0.25) is 4.79 Å². The van der Waals surface area contributed by atoms with E-state index >= 15 is 0 Å². The van der Waals surface area contributed by atoms with Gasteiger partial charge in [0.05, 0.1) is 5.56 Å². The molecule has 0 saturated heterocycles. The van der Waals surface area contributed by atoms with Gasteiger partial charge in [-0.1, -0.05) is 24.3 Å². The Morgan fingerprint density at radius 2 is 1.86 bits per heavy atom. The minimum atomic E-state index is -0.109. The first kappa shape index (κ1) is 15.1. The molecule has 0 spiro atoms. The van der Waals surface area contributed by atoms with E-state index in [0.717, 1.165) is 17.9 Å². The number of anilines is 2. The zero-order chi connectivity index (χ0) is 15.2. The standard InChI is InChI=1S/C17H21N3O/c1-18-16-10-5-4-9-15(16)17(21)19-14-8-6-7-13(11-14)12-20(2)3/h4-11,18H,12H2,1-3H3,(H,19,21). The largest absolute Gasteiger partial charge is 0.387 e. The summed E-state index contributed by atoms with van der Waals surface area (Å²) in [6.45, 7) is 0.844. The normalized spacial score (nSPS) is 10.5. The molecule has 21 heavy (non-hydrogen) atoms. The van der Waals surface area contributed by atoms with Crippen molar-refractivity contribution in [3.05, 3.63) is 59.7 Å². The molecule has 0 fully saturated rings. The third-order valence-electron chi connectivity index (χ3n) is 3.12. The maximum atomic E-state index is 12.4. The molecular weight excluding hydrogens is 262 g/mol. The van der Waals surface area contributed by atoms with Gasteiger partial charge >= 0.3 is 0 Å². The Morgan fingerprint density at radius 3 is 2.57 bits per heavy atom. The summed E-state index contributed by atoms with van der Waals surface area (Å²) < 4.78 is 0. The second-order valence-electron chi connectivity index (χ2n) is 5.19. The van der Waals surface area contributed by atoms with Crippen molar-refractivity contribution in [2.75, 3.05) is 31.8 Å². The molecule has 2 aromatic carbocycles. The molecule has 2 N–H and O–H groups in total. The number of hydrogen-bond donors (Lipinski definition) is 2. The number of hydrogen-bond acceptors (Lipinski definition) is 3. The van der Waals surface area contributed by atoms with Gasteiger partial charge < -0.3 is 15.5 Å². The molecule has 0 atom stereocenters. The molecule has 0 aliphatic carbocycles. The van der Waals surface area contributed by atoms with Gasteiger partial charge in [-0.2, -0.15) is 0 Å². The average molecular weight is 283 g/mol. The Bertz CT molecular complexity index is 623. The van der Waals surface area contributed by atoms with Gasteiger partial charge in [0, 0.05) is 25.0 Å². The van der Waals surface area contributed by atoms with E-state index < -0.39 is 0 Å². The van der Waals surface area contributed by atoms with E-state index in [1.807, 2.05) is 63.6 Å². The van der Waals surface area contributed by atoms with Gasteiger partial charge in [-0.05, 0) is 43.9 Å². The highest BCUT2D eigenvalue weighted by molar-refractivity contribution is 6.08. The number of carbonyl (C=O) groups excluding carboxylic acids is 1. The fourth-order valence-electron chi connectivity index (χ4n) is 2.21. The SMILES string of the molecule is CNc1ccccc1C(=O)Nc1cccc(CN(C)C)c1. The van der Waals surface area contributed by atoms with E-state index in [0.29, 0.717) is 5.56 Å². The van der Waals surface area contributed by atoms with Crippen molar-refractivity contribution in [1.29, 1.82) is 0 Å². The fraction of sp³-hybridized carbons (Fsp3) is 0.235. The van der Waals surface area contributed by atoms with Crippen LogP contribution in [0.2, 0.25) is 0 Å². The molecule has 0 aromatic heterocycles. The molecule has 2 rings (SSSR count). The zero-order valence-corrected chi connectivity index (χ0v) is 12.7. The topological polar surface area (TPSA) is 44.4 Å². The first-order valence-corrected chi connectivity index (χ1v) is 6.92. The smallest absolute Gasteiger partial charge is 0.257 e. The maximum absolute atomic E-state index is 12.4. The Hall–Kier alpha value is -2.33. The molecule has 1 amide bonds. The molecule has 0 heterocycles. The van der Waals surface area contributed by atoms with Crippen molar-refractivity contribution in [3.63, 3.8) is 0 Å². The molecule has 110 valence electrons. The summed E-state index contributed by atoms with van der Waals surface area (Å²) in [6.07, 6.45) is 0. The van der Waals surface area contributed by atoms with Gasteiger partial charge in [0.1, 0.15) is 0 Å². The van der Waals surface area contributed by atoms with Gasteiger partial charge in [-0.15, -0.1) is 0 Å². The zero-order valence-electron chi connectivity index (χ0n) is 12.7. The number of nitrogens with zero attached hydrogens (tertiary/aromatic N) is 1. The molecule has 4 heteroatoms. The minimum Gasteiger partial charge on any atom is -0.387 e. The predicted octanol–water partition coefficient (Wildman–Crippen LogP) is 3.04. The maximum Gasteiger partial charge on any atom is 0.257 e. The lowest BCUT2D eigenvalue weighted by molar-refractivity contribution is 0.102. The number of para-hydroxylation sites is 1. The van der Waals surface area contributed by atoms with E-state index in [4.69, 9.17) is 0 Å². The average Bonchev–Trinajstić information content (AvgIpc) is 2.46. The van der Waals surface area contributed by atoms with Crippen molar-refractivity contribution < 1.29 is 4.79 Å². The van der Waals surface area contributed by atoms with E-state index in [2.05, 4.69) is 21.6 Å². The van der Waals surface area contributed by atoms with E-state index in [1.165, 1.54) is 5.56 Å². The van der Waals surface area contributed by atoms with Gasteiger partial charge in [0.2, 0.25) is 0 Å². The van der Waals surface area contributed by atoms with Crippen LogP contribution in [0.1, 0.15) is 15.9 Å². The number of benzene rings is 2. The van der Waals surface area contributed by atoms with Crippen LogP contribution in [-0.2, 0) is 6.54 Å². The molecule has 0 aliphatic rings. The van der Waals surface area contributed by atoms with Crippen LogP contribution in [0.5, 0.6) is 0 Å². The number of nitrogens with one attached hydrogen (secondary N) is 2. The summed E-state index contributed by atoms with van der Waals surface area (Å²) >= 11 is 0. The number of amides is 1. The van der Waals surface area contributed by atoms with Crippen LogP contribution < -0.4 is 10.6 Å². The lowest BCUT2D eigenvalue weighted by atomic mass is 10.1. The predicted molar refractivity (Wildman–Crippen MR) is 87.8 cm³/mol. The highest BCUT2D eigenvalue weighted by Gasteiger charge is 2.10. The summed E-state index contributed by atoms with van der Waals surface area (Å²) in [7, 11) is 5.85. The Morgan fingerprint density at radius 1 is 1.10 bits per heavy atom. The first-order chi connectivity index (χ1) is 10.1. The highest BCUT2D eigenvalue weighted by atomic mass is 16.1. The lowest BCUT2D eigenvalue weighted by Crippen LogP contribution is -2.15. The van der Waals surface area contributed by atoms with Crippen LogP contribution in [0.4, 0.5) is 11.4 Å². The monoisotopic (exact) mass is 283 g/mol. The Balaban J connectivity index is 2.16. The van der Waals surface area contributed by atoms with E-state index in [9.17, 15) is 4.79 Å². The van der Waals surface area contributed by atoms with Crippen LogP contribution in [0.15, 0.2) is 48.5 Å². The fourth-order valence-corrected chi connectivity index (χ4v) is 2.21. The van der Waals surface area contributed by atoms with Crippen LogP contribution in [0.25, 0.3) is 0 Å². The second kappa shape index (κ2) is 6.90. The van der Waals surface area contributed by atoms with Gasteiger partial charge in [0.15, 0.2) is 0 Å². The van der Waals surface area contributed by atoms with Gasteiger partial charge in [-0.25, -0.2) is 0 Å². The summed E-state index contributed by atoms with van der Waals surface area (Å²) in [5.74, 6) is -0.109. The summed E-state index contributed by atoms with van der Waals surface area (Å²) in [6, 6.07) is 15.4. The van der Waals surface area contributed by atoms with Crippen molar-refractivity contribution in [3.8, 4) is 0 Å². The highest BCUT2D eigenvalue weighted by Crippen LogP contribution is 2.17. The summed E-state index contributed by atoms with van der Waals surface area (Å²) in [5, 5.41) is 5.98.